The summed E-state index contributed by atoms with van der Waals surface area (Å²) in [4.78, 5) is 19.9. The molecule has 2 atom stereocenters. The number of thiophene rings is 2. The third-order valence-corrected chi connectivity index (χ3v) is 8.68. The summed E-state index contributed by atoms with van der Waals surface area (Å²) < 4.78 is 1.09. The van der Waals surface area contributed by atoms with Crippen molar-refractivity contribution in [3.8, 4) is 0 Å². The molecule has 174 valence electrons. The number of hydrogen-bond donors (Lipinski definition) is 3. The van der Waals surface area contributed by atoms with Gasteiger partial charge in [0.1, 0.15) is 5.15 Å². The number of carbonyl (C=O) groups excluding carboxylic acids is 1. The molecule has 1 aliphatic rings. The quantitative estimate of drug-likeness (QED) is 0.253. The van der Waals surface area contributed by atoms with Crippen LogP contribution in [0.3, 0.4) is 0 Å². The van der Waals surface area contributed by atoms with E-state index in [0.29, 0.717) is 11.6 Å². The van der Waals surface area contributed by atoms with Crippen LogP contribution in [0.5, 0.6) is 0 Å². The number of fused-ring (bicyclic) bond motifs is 1. The van der Waals surface area contributed by atoms with Gasteiger partial charge in [-0.05, 0) is 48.9 Å². The number of nitrogens with one attached hydrogen (secondary N) is 2. The lowest BCUT2D eigenvalue weighted by Crippen LogP contribution is -2.33. The van der Waals surface area contributed by atoms with E-state index in [0.717, 1.165) is 45.7 Å². The van der Waals surface area contributed by atoms with Gasteiger partial charge in [0.15, 0.2) is 0 Å². The Kier molecular flexibility index (Phi) is 6.70. The lowest BCUT2D eigenvalue weighted by Gasteiger charge is -2.28. The number of pyridine rings is 1. The van der Waals surface area contributed by atoms with Crippen molar-refractivity contribution >= 4 is 61.8 Å². The van der Waals surface area contributed by atoms with E-state index in [1.54, 1.807) is 22.7 Å². The molecule has 0 spiro atoms. The Morgan fingerprint density at radius 2 is 2.06 bits per heavy atom. The topological polar surface area (TPSA) is 80.0 Å². The molecule has 0 unspecified atom stereocenters. The molecule has 0 fully saturated rings. The Bertz CT molecular complexity index is 1350. The van der Waals surface area contributed by atoms with Crippen LogP contribution in [-0.2, 0) is 11.3 Å². The van der Waals surface area contributed by atoms with Crippen LogP contribution in [-0.4, -0.2) is 16.9 Å². The number of nitrogens with two attached hydrogens (primary N) is 1. The fraction of sp³-hybridized carbons (Fsp3) is 0.231. The van der Waals surface area contributed by atoms with Gasteiger partial charge >= 0.3 is 0 Å². The van der Waals surface area contributed by atoms with Crippen molar-refractivity contribution in [1.29, 1.82) is 0 Å². The van der Waals surface area contributed by atoms with E-state index in [9.17, 15) is 4.79 Å². The fourth-order valence-electron chi connectivity index (χ4n) is 4.39. The van der Waals surface area contributed by atoms with E-state index in [2.05, 4.69) is 40.1 Å². The Labute approximate surface area is 211 Å². The number of carbonyl (C=O) groups is 1. The van der Waals surface area contributed by atoms with Gasteiger partial charge < -0.3 is 16.4 Å². The van der Waals surface area contributed by atoms with Crippen LogP contribution < -0.4 is 16.4 Å². The number of para-hydroxylation sites is 1. The van der Waals surface area contributed by atoms with Gasteiger partial charge in [0.2, 0.25) is 0 Å². The van der Waals surface area contributed by atoms with Crippen molar-refractivity contribution in [1.82, 2.24) is 4.98 Å². The van der Waals surface area contributed by atoms with Gasteiger partial charge in [0, 0.05) is 45.6 Å². The molecule has 3 aromatic heterocycles. The predicted octanol–water partition coefficient (Wildman–Crippen LogP) is 6.70. The molecule has 34 heavy (non-hydrogen) atoms. The predicted molar refractivity (Wildman–Crippen MR) is 144 cm³/mol. The van der Waals surface area contributed by atoms with Crippen LogP contribution in [0.2, 0.25) is 5.15 Å². The van der Waals surface area contributed by atoms with E-state index in [-0.39, 0.29) is 17.9 Å². The lowest BCUT2D eigenvalue weighted by molar-refractivity contribution is -0.113. The SMILES string of the molecule is Cc1c([C@H]2CC=C(C(=O)Nc3ccccc3)C[C@@H]2N)sc2c(NCc3cccs3)cc(Cl)nc12. The van der Waals surface area contributed by atoms with Crippen molar-refractivity contribution in [2.75, 3.05) is 10.6 Å². The highest BCUT2D eigenvalue weighted by Gasteiger charge is 2.30. The summed E-state index contributed by atoms with van der Waals surface area (Å²) in [6.07, 6.45) is 3.29. The number of benzene rings is 1. The first-order valence-electron chi connectivity index (χ1n) is 11.2. The molecule has 3 heterocycles. The summed E-state index contributed by atoms with van der Waals surface area (Å²) >= 11 is 9.83. The van der Waals surface area contributed by atoms with Gasteiger partial charge in [-0.2, -0.15) is 0 Å². The number of halogens is 1. The first-order valence-corrected chi connectivity index (χ1v) is 13.2. The zero-order valence-electron chi connectivity index (χ0n) is 18.7. The van der Waals surface area contributed by atoms with Crippen LogP contribution in [0.4, 0.5) is 11.4 Å². The number of hydrogen-bond acceptors (Lipinski definition) is 6. The summed E-state index contributed by atoms with van der Waals surface area (Å²) in [6, 6.07) is 15.4. The molecule has 0 radical (unpaired) electrons. The monoisotopic (exact) mass is 508 g/mol. The number of amides is 1. The number of anilines is 2. The largest absolute Gasteiger partial charge is 0.379 e. The van der Waals surface area contributed by atoms with Gasteiger partial charge in [0.05, 0.1) is 15.9 Å². The van der Waals surface area contributed by atoms with Crippen molar-refractivity contribution in [2.45, 2.75) is 38.3 Å². The van der Waals surface area contributed by atoms with Crippen molar-refractivity contribution in [2.24, 2.45) is 5.73 Å². The number of nitrogens with zero attached hydrogens (tertiary/aromatic N) is 1. The smallest absolute Gasteiger partial charge is 0.251 e. The number of aromatic nitrogens is 1. The minimum absolute atomic E-state index is 0.0818. The molecule has 0 aliphatic heterocycles. The molecular weight excluding hydrogens is 484 g/mol. The summed E-state index contributed by atoms with van der Waals surface area (Å²) in [5.41, 5.74) is 11.2. The first kappa shape index (κ1) is 23.1. The van der Waals surface area contributed by atoms with Gasteiger partial charge in [-0.15, -0.1) is 22.7 Å². The van der Waals surface area contributed by atoms with Gasteiger partial charge in [-0.3, -0.25) is 4.79 Å². The molecule has 0 saturated carbocycles. The summed E-state index contributed by atoms with van der Waals surface area (Å²) in [7, 11) is 0. The van der Waals surface area contributed by atoms with Crippen LogP contribution in [0.15, 0.2) is 65.6 Å². The molecule has 5 rings (SSSR count). The average Bonchev–Trinajstić information content (AvgIpc) is 3.46. The maximum absolute atomic E-state index is 12.8. The molecule has 4 aromatic rings. The highest BCUT2D eigenvalue weighted by molar-refractivity contribution is 7.20. The molecule has 5 nitrogen and oxygen atoms in total. The van der Waals surface area contributed by atoms with Crippen molar-refractivity contribution < 1.29 is 4.79 Å². The molecule has 4 N–H and O–H groups in total. The molecular formula is C26H25ClN4OS2. The molecule has 0 saturated heterocycles. The normalized spacial score (nSPS) is 18.0. The van der Waals surface area contributed by atoms with Gasteiger partial charge in [-0.1, -0.05) is 41.9 Å². The van der Waals surface area contributed by atoms with Crippen molar-refractivity contribution in [3.63, 3.8) is 0 Å². The minimum Gasteiger partial charge on any atom is -0.379 e. The Morgan fingerprint density at radius 3 is 2.79 bits per heavy atom. The maximum atomic E-state index is 12.8. The Balaban J connectivity index is 1.39. The summed E-state index contributed by atoms with van der Waals surface area (Å²) in [6.45, 7) is 2.83. The van der Waals surface area contributed by atoms with E-state index in [4.69, 9.17) is 17.3 Å². The van der Waals surface area contributed by atoms with Gasteiger partial charge in [0.25, 0.3) is 5.91 Å². The van der Waals surface area contributed by atoms with E-state index in [1.807, 2.05) is 42.5 Å². The molecule has 0 bridgehead atoms. The van der Waals surface area contributed by atoms with Crippen LogP contribution in [0, 0.1) is 6.92 Å². The first-order chi connectivity index (χ1) is 16.5. The van der Waals surface area contributed by atoms with Crippen LogP contribution in [0.25, 0.3) is 10.2 Å². The molecule has 1 aromatic carbocycles. The lowest BCUT2D eigenvalue weighted by atomic mass is 9.83. The average molecular weight is 509 g/mol. The van der Waals surface area contributed by atoms with Crippen LogP contribution >= 0.6 is 34.3 Å². The fourth-order valence-corrected chi connectivity index (χ4v) is 6.65. The Hall–Kier alpha value is -2.71. The van der Waals surface area contributed by atoms with Gasteiger partial charge in [-0.25, -0.2) is 4.98 Å². The van der Waals surface area contributed by atoms with E-state index >= 15 is 0 Å². The van der Waals surface area contributed by atoms with Crippen LogP contribution in [0.1, 0.15) is 34.1 Å². The third-order valence-electron chi connectivity index (χ3n) is 6.16. The maximum Gasteiger partial charge on any atom is 0.251 e. The third kappa shape index (κ3) is 4.74. The van der Waals surface area contributed by atoms with Crippen molar-refractivity contribution in [3.05, 3.63) is 86.0 Å². The summed E-state index contributed by atoms with van der Waals surface area (Å²) in [5, 5.41) is 9.05. The number of rotatable bonds is 6. The standard InChI is InChI=1S/C26H25ClN4OS2/c1-15-23-25(21(13-22(27)31-23)29-14-18-8-5-11-33-18)34-24(15)19-10-9-16(12-20(19)28)26(32)30-17-6-3-2-4-7-17/h2-9,11,13,19-20H,10,12,14,28H2,1H3,(H,29,31)(H,30,32)/t19-,20-/m0/s1. The van der Waals surface area contributed by atoms with E-state index in [1.165, 1.54) is 9.75 Å². The Morgan fingerprint density at radius 1 is 1.24 bits per heavy atom. The zero-order valence-corrected chi connectivity index (χ0v) is 21.1. The highest BCUT2D eigenvalue weighted by atomic mass is 35.5. The second kappa shape index (κ2) is 9.88. The minimum atomic E-state index is -0.147. The second-order valence-electron chi connectivity index (χ2n) is 8.45. The number of allylic oxidation sites excluding steroid dienone is 1. The molecule has 1 aliphatic carbocycles. The molecule has 1 amide bonds. The summed E-state index contributed by atoms with van der Waals surface area (Å²) in [5.74, 6) is 0.0538. The molecule has 8 heteroatoms. The number of aryl methyl sites for hydroxylation is 1. The highest BCUT2D eigenvalue weighted by Crippen LogP contribution is 2.43. The second-order valence-corrected chi connectivity index (χ2v) is 10.9. The zero-order chi connectivity index (χ0) is 23.7. The van der Waals surface area contributed by atoms with E-state index < -0.39 is 0 Å².